The first-order valence-corrected chi connectivity index (χ1v) is 7.60. The molecule has 0 heterocycles. The summed E-state index contributed by atoms with van der Waals surface area (Å²) < 4.78 is 0. The van der Waals surface area contributed by atoms with E-state index in [0.29, 0.717) is 0 Å². The summed E-state index contributed by atoms with van der Waals surface area (Å²) in [6.07, 6.45) is 11.3. The van der Waals surface area contributed by atoms with Gasteiger partial charge in [-0.05, 0) is 38.6 Å². The topological polar surface area (TPSA) is 32.3 Å². The van der Waals surface area contributed by atoms with Gasteiger partial charge in [0.25, 0.3) is 0 Å². The molecule has 0 aromatic heterocycles. The van der Waals surface area contributed by atoms with Crippen LogP contribution in [0.1, 0.15) is 72.1 Å². The van der Waals surface area contributed by atoms with Crippen LogP contribution in [0.15, 0.2) is 0 Å². The first kappa shape index (κ1) is 16.9. The number of aliphatic hydroxyl groups is 1. The number of unbranched alkanes of at least 4 members (excludes halogenated alkanes) is 1. The molecule has 0 bridgehead atoms. The number of hydrogen-bond donors (Lipinski definition) is 2. The van der Waals surface area contributed by atoms with Gasteiger partial charge >= 0.3 is 0 Å². The van der Waals surface area contributed by atoms with E-state index in [-0.39, 0.29) is 6.61 Å². The molecule has 2 atom stereocenters. The molecule has 1 saturated carbocycles. The molecule has 2 heteroatoms. The van der Waals surface area contributed by atoms with Crippen LogP contribution in [0.3, 0.4) is 0 Å². The Bertz CT molecular complexity index is 150. The van der Waals surface area contributed by atoms with E-state index in [9.17, 15) is 0 Å². The molecule has 0 aromatic carbocycles. The van der Waals surface area contributed by atoms with E-state index in [2.05, 4.69) is 19.2 Å². The SMILES string of the molecule is CCCCNC1CCCCCCC1C.CCO. The van der Waals surface area contributed by atoms with Crippen LogP contribution in [0.25, 0.3) is 0 Å². The normalized spacial score (nSPS) is 25.4. The highest BCUT2D eigenvalue weighted by Gasteiger charge is 2.17. The zero-order chi connectivity index (χ0) is 12.9. The van der Waals surface area contributed by atoms with Crippen molar-refractivity contribution in [2.24, 2.45) is 5.92 Å². The Labute approximate surface area is 108 Å². The fourth-order valence-corrected chi connectivity index (χ4v) is 2.44. The molecule has 0 radical (unpaired) electrons. The summed E-state index contributed by atoms with van der Waals surface area (Å²) in [5.41, 5.74) is 0. The van der Waals surface area contributed by atoms with E-state index in [1.54, 1.807) is 6.92 Å². The molecule has 0 aromatic rings. The van der Waals surface area contributed by atoms with Crippen molar-refractivity contribution < 1.29 is 5.11 Å². The predicted molar refractivity (Wildman–Crippen MR) is 76.3 cm³/mol. The fourth-order valence-electron chi connectivity index (χ4n) is 2.44. The Kier molecular flexibility index (Phi) is 12.3. The van der Waals surface area contributed by atoms with Crippen molar-refractivity contribution in [1.29, 1.82) is 0 Å². The summed E-state index contributed by atoms with van der Waals surface area (Å²) in [6.45, 7) is 7.85. The Morgan fingerprint density at radius 2 is 1.65 bits per heavy atom. The molecule has 1 aliphatic carbocycles. The summed E-state index contributed by atoms with van der Waals surface area (Å²) in [5, 5.41) is 11.3. The summed E-state index contributed by atoms with van der Waals surface area (Å²) >= 11 is 0. The van der Waals surface area contributed by atoms with Gasteiger partial charge in [0.1, 0.15) is 0 Å². The van der Waals surface area contributed by atoms with Crippen LogP contribution in [0.5, 0.6) is 0 Å². The van der Waals surface area contributed by atoms with E-state index in [4.69, 9.17) is 5.11 Å². The van der Waals surface area contributed by atoms with Crippen LogP contribution in [0.4, 0.5) is 0 Å². The number of aliphatic hydroxyl groups excluding tert-OH is 1. The maximum Gasteiger partial charge on any atom is 0.0402 e. The molecule has 0 spiro atoms. The van der Waals surface area contributed by atoms with Crippen LogP contribution in [0, 0.1) is 5.92 Å². The minimum atomic E-state index is 0.250. The van der Waals surface area contributed by atoms with Gasteiger partial charge in [0.15, 0.2) is 0 Å². The van der Waals surface area contributed by atoms with E-state index in [0.717, 1.165) is 12.0 Å². The van der Waals surface area contributed by atoms with E-state index in [1.165, 1.54) is 57.9 Å². The largest absolute Gasteiger partial charge is 0.397 e. The van der Waals surface area contributed by atoms with Gasteiger partial charge < -0.3 is 10.4 Å². The smallest absolute Gasteiger partial charge is 0.0402 e. The highest BCUT2D eigenvalue weighted by Crippen LogP contribution is 2.22. The highest BCUT2D eigenvalue weighted by molar-refractivity contribution is 4.75. The molecule has 1 aliphatic rings. The van der Waals surface area contributed by atoms with Crippen molar-refractivity contribution >= 4 is 0 Å². The predicted octanol–water partition coefficient (Wildman–Crippen LogP) is 3.73. The van der Waals surface area contributed by atoms with Crippen molar-refractivity contribution in [1.82, 2.24) is 5.32 Å². The third-order valence-corrected chi connectivity index (χ3v) is 3.55. The molecule has 1 rings (SSSR count). The van der Waals surface area contributed by atoms with Crippen molar-refractivity contribution in [3.8, 4) is 0 Å². The lowest BCUT2D eigenvalue weighted by molar-refractivity contribution is 0.301. The minimum Gasteiger partial charge on any atom is -0.397 e. The van der Waals surface area contributed by atoms with Crippen LogP contribution >= 0.6 is 0 Å². The lowest BCUT2D eigenvalue weighted by Crippen LogP contribution is -2.36. The van der Waals surface area contributed by atoms with Gasteiger partial charge in [-0.1, -0.05) is 46.0 Å². The van der Waals surface area contributed by atoms with Gasteiger partial charge in [0.05, 0.1) is 0 Å². The molecule has 1 fully saturated rings. The van der Waals surface area contributed by atoms with Crippen LogP contribution in [-0.4, -0.2) is 24.3 Å². The van der Waals surface area contributed by atoms with Crippen molar-refractivity contribution in [2.45, 2.75) is 78.2 Å². The molecule has 0 saturated heterocycles. The Hall–Kier alpha value is -0.0800. The number of hydrogen-bond acceptors (Lipinski definition) is 2. The van der Waals surface area contributed by atoms with Gasteiger partial charge in [-0.25, -0.2) is 0 Å². The molecule has 2 nitrogen and oxygen atoms in total. The van der Waals surface area contributed by atoms with E-state index >= 15 is 0 Å². The van der Waals surface area contributed by atoms with Gasteiger partial charge in [-0.2, -0.15) is 0 Å². The van der Waals surface area contributed by atoms with Crippen molar-refractivity contribution in [2.75, 3.05) is 13.2 Å². The van der Waals surface area contributed by atoms with Gasteiger partial charge in [-0.3, -0.25) is 0 Å². The van der Waals surface area contributed by atoms with Gasteiger partial charge in [-0.15, -0.1) is 0 Å². The molecule has 0 aliphatic heterocycles. The molecule has 2 unspecified atom stereocenters. The zero-order valence-corrected chi connectivity index (χ0v) is 12.2. The lowest BCUT2D eigenvalue weighted by atomic mass is 9.88. The van der Waals surface area contributed by atoms with Crippen molar-refractivity contribution in [3.05, 3.63) is 0 Å². The van der Waals surface area contributed by atoms with Crippen molar-refractivity contribution in [3.63, 3.8) is 0 Å². The average Bonchev–Trinajstić information content (AvgIpc) is 2.29. The molecular formula is C15H33NO. The van der Waals surface area contributed by atoms with E-state index < -0.39 is 0 Å². The van der Waals surface area contributed by atoms with Crippen LogP contribution < -0.4 is 5.32 Å². The van der Waals surface area contributed by atoms with Gasteiger partial charge in [0.2, 0.25) is 0 Å². The minimum absolute atomic E-state index is 0.250. The van der Waals surface area contributed by atoms with Gasteiger partial charge in [0, 0.05) is 12.6 Å². The van der Waals surface area contributed by atoms with Crippen LogP contribution in [-0.2, 0) is 0 Å². The Morgan fingerprint density at radius 1 is 1.06 bits per heavy atom. The highest BCUT2D eigenvalue weighted by atomic mass is 16.2. The Balaban J connectivity index is 0.000000770. The summed E-state index contributed by atoms with van der Waals surface area (Å²) in [5.74, 6) is 0.896. The fraction of sp³-hybridized carbons (Fsp3) is 1.00. The Morgan fingerprint density at radius 3 is 2.24 bits per heavy atom. The lowest BCUT2D eigenvalue weighted by Gasteiger charge is -2.27. The summed E-state index contributed by atoms with van der Waals surface area (Å²) in [4.78, 5) is 0. The second kappa shape index (κ2) is 12.4. The molecule has 17 heavy (non-hydrogen) atoms. The maximum atomic E-state index is 7.57. The average molecular weight is 243 g/mol. The third-order valence-electron chi connectivity index (χ3n) is 3.55. The maximum absolute atomic E-state index is 7.57. The monoisotopic (exact) mass is 243 g/mol. The summed E-state index contributed by atoms with van der Waals surface area (Å²) in [7, 11) is 0. The quantitative estimate of drug-likeness (QED) is 0.737. The molecule has 0 amide bonds. The number of rotatable bonds is 4. The first-order valence-electron chi connectivity index (χ1n) is 7.60. The second-order valence-corrected chi connectivity index (χ2v) is 5.20. The number of nitrogens with one attached hydrogen (secondary N) is 1. The molecule has 104 valence electrons. The standard InChI is InChI=1S/C13H27N.C2H6O/c1-3-4-11-14-13-10-8-6-5-7-9-12(13)2;1-2-3/h12-14H,3-11H2,1-2H3;3H,2H2,1H3. The van der Waals surface area contributed by atoms with E-state index in [1.807, 2.05) is 0 Å². The third kappa shape index (κ3) is 9.61. The van der Waals surface area contributed by atoms with Crippen LogP contribution in [0.2, 0.25) is 0 Å². The zero-order valence-electron chi connectivity index (χ0n) is 12.2. The molecule has 2 N–H and O–H groups in total. The summed E-state index contributed by atoms with van der Waals surface area (Å²) in [6, 6.07) is 0.807. The second-order valence-electron chi connectivity index (χ2n) is 5.20. The first-order chi connectivity index (χ1) is 8.26. The molecular weight excluding hydrogens is 210 g/mol.